The molecule has 0 radical (unpaired) electrons. The Kier molecular flexibility index (Phi) is 4.47. The van der Waals surface area contributed by atoms with Crippen molar-refractivity contribution in [3.63, 3.8) is 0 Å². The number of hydrogen-bond acceptors (Lipinski definition) is 4. The van der Waals surface area contributed by atoms with E-state index in [1.54, 1.807) is 31.2 Å². The highest BCUT2D eigenvalue weighted by atomic mass is 35.5. The van der Waals surface area contributed by atoms with E-state index in [0.29, 0.717) is 27.6 Å². The van der Waals surface area contributed by atoms with E-state index in [0.717, 1.165) is 0 Å². The molecule has 1 heterocycles. The quantitative estimate of drug-likeness (QED) is 0.836. The predicted molar refractivity (Wildman–Crippen MR) is 97.8 cm³/mol. The number of hydrazone groups is 1. The van der Waals surface area contributed by atoms with Gasteiger partial charge in [-0.05, 0) is 48.9 Å². The fraction of sp³-hybridized carbons (Fsp3) is 0.0588. The monoisotopic (exact) mass is 375 g/mol. The summed E-state index contributed by atoms with van der Waals surface area (Å²) < 4.78 is 22.6. The van der Waals surface area contributed by atoms with Crippen LogP contribution in [0.1, 0.15) is 12.5 Å². The van der Waals surface area contributed by atoms with Crippen molar-refractivity contribution in [3.8, 4) is 0 Å². The van der Waals surface area contributed by atoms with Gasteiger partial charge in [0, 0.05) is 5.02 Å². The molecule has 0 fully saturated rings. The van der Waals surface area contributed by atoms with Gasteiger partial charge in [0.15, 0.2) is 0 Å². The molecule has 0 bridgehead atoms. The van der Waals surface area contributed by atoms with E-state index in [2.05, 4.69) is 5.10 Å². The van der Waals surface area contributed by atoms with E-state index < -0.39 is 10.0 Å². The van der Waals surface area contributed by atoms with E-state index in [4.69, 9.17) is 16.7 Å². The molecule has 0 atom stereocenters. The molecule has 3 rings (SSSR count). The van der Waals surface area contributed by atoms with Gasteiger partial charge in [-0.1, -0.05) is 29.8 Å². The second-order valence-electron chi connectivity index (χ2n) is 5.42. The van der Waals surface area contributed by atoms with Gasteiger partial charge < -0.3 is 0 Å². The van der Waals surface area contributed by atoms with Crippen molar-refractivity contribution in [1.82, 2.24) is 0 Å². The summed E-state index contributed by atoms with van der Waals surface area (Å²) in [5.41, 5.74) is 2.12. The molecule has 1 amide bonds. The zero-order valence-electron chi connectivity index (χ0n) is 13.2. The molecule has 6 nitrogen and oxygen atoms in total. The maximum absolute atomic E-state index is 12.7. The van der Waals surface area contributed by atoms with Crippen molar-refractivity contribution in [2.24, 2.45) is 10.2 Å². The molecular weight excluding hydrogens is 362 g/mol. The van der Waals surface area contributed by atoms with Crippen LogP contribution in [0.5, 0.6) is 0 Å². The van der Waals surface area contributed by atoms with Crippen molar-refractivity contribution >= 4 is 45.0 Å². The van der Waals surface area contributed by atoms with Crippen LogP contribution < -0.4 is 10.1 Å². The van der Waals surface area contributed by atoms with Crippen LogP contribution in [-0.2, 0) is 14.8 Å². The summed E-state index contributed by atoms with van der Waals surface area (Å²) in [5.74, 6) is -0.319. The van der Waals surface area contributed by atoms with Crippen LogP contribution in [-0.4, -0.2) is 20.0 Å². The third-order valence-corrected chi connectivity index (χ3v) is 4.95. The van der Waals surface area contributed by atoms with Crippen molar-refractivity contribution in [1.29, 1.82) is 0 Å². The lowest BCUT2D eigenvalue weighted by atomic mass is 10.1. The molecule has 0 aromatic heterocycles. The second-order valence-corrected chi connectivity index (χ2v) is 7.39. The maximum Gasteiger partial charge on any atom is 0.280 e. The summed E-state index contributed by atoms with van der Waals surface area (Å²) in [4.78, 5) is 12.6. The average Bonchev–Trinajstić information content (AvgIpc) is 2.84. The van der Waals surface area contributed by atoms with Crippen molar-refractivity contribution in [3.05, 3.63) is 64.7 Å². The topological polar surface area (TPSA) is 92.8 Å². The number of sulfonamides is 1. The predicted octanol–water partition coefficient (Wildman–Crippen LogP) is 2.79. The number of rotatable bonds is 3. The number of carbonyl (C=O) groups is 1. The lowest BCUT2D eigenvalue weighted by molar-refractivity contribution is -0.114. The number of nitrogens with two attached hydrogens (primary N) is 1. The van der Waals surface area contributed by atoms with Crippen LogP contribution in [0.15, 0.2) is 64.1 Å². The third kappa shape index (κ3) is 3.48. The fourth-order valence-electron chi connectivity index (χ4n) is 2.38. The summed E-state index contributed by atoms with van der Waals surface area (Å²) in [7, 11) is -3.79. The highest BCUT2D eigenvalue weighted by Crippen LogP contribution is 2.27. The Labute approximate surface area is 150 Å². The number of hydrogen-bond donors (Lipinski definition) is 1. The first-order valence-corrected chi connectivity index (χ1v) is 9.19. The fourth-order valence-corrected chi connectivity index (χ4v) is 3.09. The van der Waals surface area contributed by atoms with Gasteiger partial charge in [0.1, 0.15) is 0 Å². The zero-order valence-corrected chi connectivity index (χ0v) is 14.8. The highest BCUT2D eigenvalue weighted by Gasteiger charge is 2.29. The molecule has 1 aliphatic rings. The summed E-state index contributed by atoms with van der Waals surface area (Å²) in [6.07, 6.45) is 1.68. The van der Waals surface area contributed by atoms with Crippen LogP contribution in [0.4, 0.5) is 5.69 Å². The summed E-state index contributed by atoms with van der Waals surface area (Å²) in [6, 6.07) is 12.8. The SMILES string of the molecule is CC1=NN(c2ccc(S(N)(=O)=O)cc2)C(=O)C1=Cc1ccccc1Cl. The first kappa shape index (κ1) is 17.3. The van der Waals surface area contributed by atoms with Crippen LogP contribution in [0.3, 0.4) is 0 Å². The molecule has 128 valence electrons. The Balaban J connectivity index is 1.94. The minimum Gasteiger partial charge on any atom is -0.267 e. The van der Waals surface area contributed by atoms with E-state index in [-0.39, 0.29) is 10.8 Å². The molecule has 0 unspecified atom stereocenters. The smallest absolute Gasteiger partial charge is 0.267 e. The highest BCUT2D eigenvalue weighted by molar-refractivity contribution is 7.89. The number of primary sulfonamides is 1. The van der Waals surface area contributed by atoms with Crippen molar-refractivity contribution in [2.75, 3.05) is 5.01 Å². The standard InChI is InChI=1S/C17H14ClN3O3S/c1-11-15(10-12-4-2-3-5-16(12)18)17(22)21(20-11)13-6-8-14(9-7-13)25(19,23)24/h2-10H,1H3,(H2,19,23,24). The van der Waals surface area contributed by atoms with Crippen LogP contribution >= 0.6 is 11.6 Å². The Morgan fingerprint density at radius 3 is 2.36 bits per heavy atom. The second kappa shape index (κ2) is 6.44. The maximum atomic E-state index is 12.7. The first-order chi connectivity index (χ1) is 11.8. The number of anilines is 1. The van der Waals surface area contributed by atoms with Gasteiger partial charge in [-0.3, -0.25) is 4.79 Å². The summed E-state index contributed by atoms with van der Waals surface area (Å²) >= 11 is 6.13. The van der Waals surface area contributed by atoms with E-state index in [9.17, 15) is 13.2 Å². The molecule has 0 aliphatic carbocycles. The minimum atomic E-state index is -3.79. The molecule has 2 aromatic carbocycles. The lowest BCUT2D eigenvalue weighted by Crippen LogP contribution is -2.21. The van der Waals surface area contributed by atoms with Gasteiger partial charge in [0.05, 0.1) is 21.9 Å². The molecule has 0 spiro atoms. The molecular formula is C17H14ClN3O3S. The van der Waals surface area contributed by atoms with Gasteiger partial charge in [-0.15, -0.1) is 0 Å². The number of nitrogens with zero attached hydrogens (tertiary/aromatic N) is 2. The van der Waals surface area contributed by atoms with E-state index in [1.165, 1.54) is 29.3 Å². The number of carbonyl (C=O) groups excluding carboxylic acids is 1. The molecule has 8 heteroatoms. The zero-order chi connectivity index (χ0) is 18.2. The number of benzene rings is 2. The Morgan fingerprint density at radius 2 is 1.76 bits per heavy atom. The van der Waals surface area contributed by atoms with Crippen LogP contribution in [0, 0.1) is 0 Å². The van der Waals surface area contributed by atoms with E-state index in [1.807, 2.05) is 6.07 Å². The Bertz CT molecular complexity index is 1010. The molecule has 0 saturated carbocycles. The molecule has 0 saturated heterocycles. The van der Waals surface area contributed by atoms with Crippen molar-refractivity contribution in [2.45, 2.75) is 11.8 Å². The molecule has 2 N–H and O–H groups in total. The Morgan fingerprint density at radius 1 is 1.12 bits per heavy atom. The van der Waals surface area contributed by atoms with E-state index >= 15 is 0 Å². The van der Waals surface area contributed by atoms with Gasteiger partial charge in [-0.2, -0.15) is 10.1 Å². The van der Waals surface area contributed by atoms with Gasteiger partial charge in [0.25, 0.3) is 5.91 Å². The normalized spacial score (nSPS) is 16.4. The molecule has 2 aromatic rings. The minimum absolute atomic E-state index is 0.0320. The van der Waals surface area contributed by atoms with Gasteiger partial charge >= 0.3 is 0 Å². The summed E-state index contributed by atoms with van der Waals surface area (Å²) in [6.45, 7) is 1.72. The first-order valence-electron chi connectivity index (χ1n) is 7.26. The van der Waals surface area contributed by atoms with Crippen molar-refractivity contribution < 1.29 is 13.2 Å². The Hall–Kier alpha value is -2.48. The van der Waals surface area contributed by atoms with Crippen LogP contribution in [0.2, 0.25) is 5.02 Å². The lowest BCUT2D eigenvalue weighted by Gasteiger charge is -2.12. The average molecular weight is 376 g/mol. The number of amides is 1. The molecule has 25 heavy (non-hydrogen) atoms. The van der Waals surface area contributed by atoms with Gasteiger partial charge in [-0.25, -0.2) is 13.6 Å². The summed E-state index contributed by atoms with van der Waals surface area (Å²) in [5, 5.41) is 11.1. The molecule has 1 aliphatic heterocycles. The largest absolute Gasteiger partial charge is 0.280 e. The number of halogens is 1. The van der Waals surface area contributed by atoms with Crippen LogP contribution in [0.25, 0.3) is 6.08 Å². The van der Waals surface area contributed by atoms with Gasteiger partial charge in [0.2, 0.25) is 10.0 Å². The third-order valence-electron chi connectivity index (χ3n) is 3.68.